The lowest BCUT2D eigenvalue weighted by atomic mass is 10.2. The lowest BCUT2D eigenvalue weighted by Gasteiger charge is -2.12. The number of rotatable bonds is 6. The molecular formula is C24H19N5O4. The molecule has 2 N–H and O–H groups in total. The zero-order chi connectivity index (χ0) is 23.4. The number of nitro groups is 1. The van der Waals surface area contributed by atoms with Gasteiger partial charge in [0.15, 0.2) is 5.69 Å². The Morgan fingerprint density at radius 2 is 1.58 bits per heavy atom. The van der Waals surface area contributed by atoms with Crippen LogP contribution in [0.25, 0.3) is 5.69 Å². The SMILES string of the molecule is Cc1cc(=O)c(C(=O)Nc2cccc(Nc3ccccc3)c2)nn1-c1ccccc1[N+](=O)[O-]. The minimum Gasteiger partial charge on any atom is -0.355 e. The molecule has 33 heavy (non-hydrogen) atoms. The van der Waals surface area contributed by atoms with Crippen LogP contribution in [0.4, 0.5) is 22.7 Å². The molecule has 0 bridgehead atoms. The number of aryl methyl sites for hydroxylation is 1. The number of carbonyl (C=O) groups excluding carboxylic acids is 1. The second kappa shape index (κ2) is 9.15. The average molecular weight is 441 g/mol. The molecule has 0 aliphatic heterocycles. The molecule has 0 aliphatic rings. The maximum absolute atomic E-state index is 12.9. The quantitative estimate of drug-likeness (QED) is 0.337. The van der Waals surface area contributed by atoms with Crippen molar-refractivity contribution in [3.63, 3.8) is 0 Å². The van der Waals surface area contributed by atoms with Gasteiger partial charge in [-0.25, -0.2) is 4.68 Å². The van der Waals surface area contributed by atoms with Crippen LogP contribution in [0.3, 0.4) is 0 Å². The summed E-state index contributed by atoms with van der Waals surface area (Å²) < 4.78 is 1.22. The highest BCUT2D eigenvalue weighted by Crippen LogP contribution is 2.23. The van der Waals surface area contributed by atoms with Gasteiger partial charge in [0.1, 0.15) is 5.69 Å². The van der Waals surface area contributed by atoms with E-state index in [9.17, 15) is 19.7 Å². The number of nitrogens with one attached hydrogen (secondary N) is 2. The van der Waals surface area contributed by atoms with Gasteiger partial charge in [-0.2, -0.15) is 5.10 Å². The molecule has 0 aliphatic carbocycles. The monoisotopic (exact) mass is 441 g/mol. The number of carbonyl (C=O) groups is 1. The van der Waals surface area contributed by atoms with E-state index in [0.29, 0.717) is 11.4 Å². The summed E-state index contributed by atoms with van der Waals surface area (Å²) >= 11 is 0. The number of para-hydroxylation sites is 3. The van der Waals surface area contributed by atoms with Crippen LogP contribution in [0.15, 0.2) is 89.7 Å². The standard InChI is InChI=1S/C24H19N5O4/c1-16-14-22(30)23(27-28(16)20-12-5-6-13-21(20)29(32)33)24(31)26-19-11-7-10-18(15-19)25-17-8-3-2-4-9-17/h2-15,25H,1H3,(H,26,31). The highest BCUT2D eigenvalue weighted by atomic mass is 16.6. The van der Waals surface area contributed by atoms with E-state index >= 15 is 0 Å². The van der Waals surface area contributed by atoms with E-state index in [1.807, 2.05) is 36.4 Å². The second-order valence-corrected chi connectivity index (χ2v) is 7.18. The van der Waals surface area contributed by atoms with E-state index < -0.39 is 16.3 Å². The number of aromatic nitrogens is 2. The Bertz CT molecular complexity index is 1400. The highest BCUT2D eigenvalue weighted by Gasteiger charge is 2.20. The molecule has 0 fully saturated rings. The van der Waals surface area contributed by atoms with Crippen LogP contribution >= 0.6 is 0 Å². The van der Waals surface area contributed by atoms with Crippen molar-refractivity contribution in [1.29, 1.82) is 0 Å². The number of amides is 1. The molecule has 164 valence electrons. The summed E-state index contributed by atoms with van der Waals surface area (Å²) in [5.74, 6) is -0.718. The first kappa shape index (κ1) is 21.4. The number of hydrogen-bond donors (Lipinski definition) is 2. The van der Waals surface area contributed by atoms with Gasteiger partial charge in [0.05, 0.1) is 4.92 Å². The van der Waals surface area contributed by atoms with Gasteiger partial charge in [-0.3, -0.25) is 19.7 Å². The molecule has 1 amide bonds. The van der Waals surface area contributed by atoms with Crippen molar-refractivity contribution in [2.75, 3.05) is 10.6 Å². The van der Waals surface area contributed by atoms with Gasteiger partial charge in [0.25, 0.3) is 11.6 Å². The molecule has 0 spiro atoms. The average Bonchev–Trinajstić information content (AvgIpc) is 2.80. The van der Waals surface area contributed by atoms with Crippen LogP contribution in [0.1, 0.15) is 16.2 Å². The van der Waals surface area contributed by atoms with Gasteiger partial charge in [0.2, 0.25) is 5.43 Å². The lowest BCUT2D eigenvalue weighted by Crippen LogP contribution is -2.27. The first-order chi connectivity index (χ1) is 15.9. The molecule has 0 saturated heterocycles. The Balaban J connectivity index is 1.64. The Morgan fingerprint density at radius 3 is 2.33 bits per heavy atom. The van der Waals surface area contributed by atoms with Crippen LogP contribution in [0.2, 0.25) is 0 Å². The zero-order valence-corrected chi connectivity index (χ0v) is 17.6. The van der Waals surface area contributed by atoms with E-state index in [0.717, 1.165) is 11.4 Å². The predicted molar refractivity (Wildman–Crippen MR) is 125 cm³/mol. The van der Waals surface area contributed by atoms with Gasteiger partial charge in [0, 0.05) is 34.9 Å². The van der Waals surface area contributed by atoms with E-state index in [1.54, 1.807) is 31.2 Å². The smallest absolute Gasteiger partial charge is 0.294 e. The fourth-order valence-electron chi connectivity index (χ4n) is 3.30. The number of benzene rings is 3. The fourth-order valence-corrected chi connectivity index (χ4v) is 3.30. The maximum atomic E-state index is 12.9. The van der Waals surface area contributed by atoms with Crippen LogP contribution in [-0.4, -0.2) is 20.6 Å². The molecule has 0 saturated carbocycles. The van der Waals surface area contributed by atoms with Crippen LogP contribution in [0, 0.1) is 17.0 Å². The second-order valence-electron chi connectivity index (χ2n) is 7.18. The van der Waals surface area contributed by atoms with Gasteiger partial charge >= 0.3 is 0 Å². The molecule has 9 heteroatoms. The van der Waals surface area contributed by atoms with Crippen LogP contribution in [-0.2, 0) is 0 Å². The summed E-state index contributed by atoms with van der Waals surface area (Å²) in [7, 11) is 0. The van der Waals surface area contributed by atoms with E-state index in [4.69, 9.17) is 0 Å². The van der Waals surface area contributed by atoms with E-state index in [2.05, 4.69) is 15.7 Å². The van der Waals surface area contributed by atoms with Crippen molar-refractivity contribution < 1.29 is 9.72 Å². The molecular weight excluding hydrogens is 422 g/mol. The third-order valence-corrected chi connectivity index (χ3v) is 4.81. The molecule has 0 unspecified atom stereocenters. The summed E-state index contributed by atoms with van der Waals surface area (Å²) in [4.78, 5) is 36.2. The number of nitrogens with zero attached hydrogens (tertiary/aromatic N) is 3. The fraction of sp³-hybridized carbons (Fsp3) is 0.0417. The first-order valence-corrected chi connectivity index (χ1v) is 10.0. The predicted octanol–water partition coefficient (Wildman–Crippen LogP) is 4.45. The molecule has 4 rings (SSSR count). The Kier molecular flexibility index (Phi) is 5.94. The zero-order valence-electron chi connectivity index (χ0n) is 17.6. The van der Waals surface area contributed by atoms with Crippen LogP contribution in [0.5, 0.6) is 0 Å². The van der Waals surface area contributed by atoms with Gasteiger partial charge in [-0.05, 0) is 43.3 Å². The molecule has 0 radical (unpaired) electrons. The van der Waals surface area contributed by atoms with Crippen molar-refractivity contribution in [1.82, 2.24) is 9.78 Å². The molecule has 1 aromatic heterocycles. The molecule has 4 aromatic rings. The lowest BCUT2D eigenvalue weighted by molar-refractivity contribution is -0.384. The summed E-state index contributed by atoms with van der Waals surface area (Å²) in [6.07, 6.45) is 0. The molecule has 0 atom stereocenters. The third-order valence-electron chi connectivity index (χ3n) is 4.81. The van der Waals surface area contributed by atoms with Crippen molar-refractivity contribution >= 4 is 28.7 Å². The number of anilines is 3. The Morgan fingerprint density at radius 1 is 0.909 bits per heavy atom. The van der Waals surface area contributed by atoms with Gasteiger partial charge < -0.3 is 10.6 Å². The van der Waals surface area contributed by atoms with Crippen molar-refractivity contribution in [3.8, 4) is 5.69 Å². The molecule has 3 aromatic carbocycles. The summed E-state index contributed by atoms with van der Waals surface area (Å²) in [5.41, 5.74) is 1.45. The van der Waals surface area contributed by atoms with Gasteiger partial charge in [-0.15, -0.1) is 0 Å². The number of hydrogen-bond acceptors (Lipinski definition) is 6. The van der Waals surface area contributed by atoms with E-state index in [-0.39, 0.29) is 17.1 Å². The van der Waals surface area contributed by atoms with Crippen molar-refractivity contribution in [2.24, 2.45) is 0 Å². The van der Waals surface area contributed by atoms with E-state index in [1.165, 1.54) is 28.9 Å². The van der Waals surface area contributed by atoms with Crippen molar-refractivity contribution in [3.05, 3.63) is 117 Å². The molecule has 9 nitrogen and oxygen atoms in total. The Labute approximate surface area is 188 Å². The highest BCUT2D eigenvalue weighted by molar-refractivity contribution is 6.03. The normalized spacial score (nSPS) is 10.5. The molecule has 1 heterocycles. The number of nitro benzene ring substituents is 1. The largest absolute Gasteiger partial charge is 0.355 e. The van der Waals surface area contributed by atoms with Crippen LogP contribution < -0.4 is 16.1 Å². The first-order valence-electron chi connectivity index (χ1n) is 10.0. The maximum Gasteiger partial charge on any atom is 0.294 e. The van der Waals surface area contributed by atoms with Gasteiger partial charge in [-0.1, -0.05) is 36.4 Å². The minimum atomic E-state index is -0.718. The topological polar surface area (TPSA) is 119 Å². The Hall–Kier alpha value is -4.79. The minimum absolute atomic E-state index is 0.156. The summed E-state index contributed by atoms with van der Waals surface area (Å²) in [6, 6.07) is 23.8. The third kappa shape index (κ3) is 4.77. The summed E-state index contributed by atoms with van der Waals surface area (Å²) in [6.45, 7) is 1.59. The summed E-state index contributed by atoms with van der Waals surface area (Å²) in [5, 5.41) is 21.5. The van der Waals surface area contributed by atoms with Crippen molar-refractivity contribution in [2.45, 2.75) is 6.92 Å².